The molecule has 0 atom stereocenters. The quantitative estimate of drug-likeness (QED) is 0.696. The van der Waals surface area contributed by atoms with Crippen molar-refractivity contribution in [1.82, 2.24) is 9.97 Å². The Labute approximate surface area is 145 Å². The van der Waals surface area contributed by atoms with Crippen molar-refractivity contribution >= 4 is 27.5 Å². The van der Waals surface area contributed by atoms with E-state index in [-0.39, 0.29) is 23.1 Å². The summed E-state index contributed by atoms with van der Waals surface area (Å²) in [4.78, 5) is 19.1. The molecule has 4 nitrogen and oxygen atoms in total. The van der Waals surface area contributed by atoms with Crippen LogP contribution >= 0.6 is 11.3 Å². The summed E-state index contributed by atoms with van der Waals surface area (Å²) in [5.74, 6) is -4.28. The summed E-state index contributed by atoms with van der Waals surface area (Å²) in [6.07, 6.45) is 2.19. The Morgan fingerprint density at radius 1 is 1.24 bits per heavy atom. The van der Waals surface area contributed by atoms with Gasteiger partial charge in [-0.05, 0) is 17.5 Å². The number of benzene rings is 1. The second-order valence-electron chi connectivity index (χ2n) is 5.49. The Morgan fingerprint density at radius 2 is 2.00 bits per heavy atom. The lowest BCUT2D eigenvalue weighted by atomic mass is 10.0. The number of thiazole rings is 1. The number of pyridine rings is 1. The second kappa shape index (κ2) is 6.79. The summed E-state index contributed by atoms with van der Waals surface area (Å²) in [6, 6.07) is 2.21. The van der Waals surface area contributed by atoms with Crippen LogP contribution in [0.1, 0.15) is 28.8 Å². The minimum Gasteiger partial charge on any atom is -0.481 e. The van der Waals surface area contributed by atoms with Gasteiger partial charge in [0.15, 0.2) is 11.6 Å². The van der Waals surface area contributed by atoms with Crippen molar-refractivity contribution < 1.29 is 23.1 Å². The predicted octanol–water partition coefficient (Wildman–Crippen LogP) is 3.89. The summed E-state index contributed by atoms with van der Waals surface area (Å²) in [5, 5.41) is 9.30. The van der Waals surface area contributed by atoms with E-state index in [4.69, 9.17) is 5.11 Å². The lowest BCUT2D eigenvalue weighted by molar-refractivity contribution is -0.136. The van der Waals surface area contributed by atoms with Crippen molar-refractivity contribution in [3.63, 3.8) is 0 Å². The molecule has 0 amide bonds. The first kappa shape index (κ1) is 17.3. The van der Waals surface area contributed by atoms with E-state index in [0.717, 1.165) is 22.6 Å². The Kier molecular flexibility index (Phi) is 4.71. The molecule has 3 rings (SSSR count). The lowest BCUT2D eigenvalue weighted by Gasteiger charge is -2.07. The number of hydrogen-bond donors (Lipinski definition) is 1. The number of aliphatic carboxylic acids is 1. The molecule has 0 unspecified atom stereocenters. The summed E-state index contributed by atoms with van der Waals surface area (Å²) in [7, 11) is 0. The number of nitrogens with zero attached hydrogens (tertiary/aromatic N) is 2. The van der Waals surface area contributed by atoms with Crippen molar-refractivity contribution in [2.24, 2.45) is 0 Å². The third kappa shape index (κ3) is 3.48. The van der Waals surface area contributed by atoms with Crippen LogP contribution in [0.2, 0.25) is 0 Å². The molecule has 0 fully saturated rings. The molecule has 3 aromatic rings. The minimum atomic E-state index is -1.28. The Balaban J connectivity index is 2.02. The average molecular weight is 366 g/mol. The number of fused-ring (bicyclic) bond motifs is 1. The Morgan fingerprint density at radius 3 is 2.68 bits per heavy atom. The first-order chi connectivity index (χ1) is 11.9. The van der Waals surface area contributed by atoms with Gasteiger partial charge in [-0.2, -0.15) is 0 Å². The number of halogens is 3. The molecule has 0 saturated heterocycles. The van der Waals surface area contributed by atoms with E-state index in [1.807, 2.05) is 6.92 Å². The molecular formula is C17H13F3N2O2S. The zero-order valence-electron chi connectivity index (χ0n) is 13.1. The van der Waals surface area contributed by atoms with Gasteiger partial charge in [-0.3, -0.25) is 9.78 Å². The Bertz CT molecular complexity index is 972. The molecule has 2 aromatic heterocycles. The van der Waals surface area contributed by atoms with Gasteiger partial charge in [0.25, 0.3) is 0 Å². The molecule has 0 aliphatic carbocycles. The summed E-state index contributed by atoms with van der Waals surface area (Å²) < 4.78 is 40.9. The fourth-order valence-electron chi connectivity index (χ4n) is 2.60. The normalized spacial score (nSPS) is 11.2. The van der Waals surface area contributed by atoms with Gasteiger partial charge in [-0.15, -0.1) is 11.3 Å². The van der Waals surface area contributed by atoms with Gasteiger partial charge in [-0.1, -0.05) is 13.0 Å². The molecule has 0 aliphatic rings. The highest BCUT2D eigenvalue weighted by atomic mass is 32.1. The topological polar surface area (TPSA) is 63.1 Å². The number of rotatable bonds is 5. The molecule has 0 radical (unpaired) electrons. The van der Waals surface area contributed by atoms with Gasteiger partial charge >= 0.3 is 5.97 Å². The van der Waals surface area contributed by atoms with E-state index in [1.165, 1.54) is 6.20 Å². The van der Waals surface area contributed by atoms with Gasteiger partial charge < -0.3 is 5.11 Å². The van der Waals surface area contributed by atoms with Crippen molar-refractivity contribution in [2.45, 2.75) is 26.2 Å². The SMILES string of the molecule is CCc1ncc(CC(=O)O)cc1Cc1nc2c(F)c(F)cc(F)c2s1. The lowest BCUT2D eigenvalue weighted by Crippen LogP contribution is -2.04. The van der Waals surface area contributed by atoms with Gasteiger partial charge in [0, 0.05) is 24.4 Å². The van der Waals surface area contributed by atoms with Crippen LogP contribution in [0.4, 0.5) is 13.2 Å². The summed E-state index contributed by atoms with van der Waals surface area (Å²) in [6.45, 7) is 1.90. The molecule has 1 N–H and O–H groups in total. The maximum Gasteiger partial charge on any atom is 0.307 e. The highest BCUT2D eigenvalue weighted by molar-refractivity contribution is 7.18. The molecule has 0 saturated carbocycles. The van der Waals surface area contributed by atoms with Crippen molar-refractivity contribution in [3.05, 3.63) is 57.6 Å². The van der Waals surface area contributed by atoms with Crippen LogP contribution in [0.5, 0.6) is 0 Å². The zero-order chi connectivity index (χ0) is 18.1. The fraction of sp³-hybridized carbons (Fsp3) is 0.235. The molecule has 25 heavy (non-hydrogen) atoms. The van der Waals surface area contributed by atoms with Crippen LogP contribution in [-0.4, -0.2) is 21.0 Å². The van der Waals surface area contributed by atoms with Crippen LogP contribution in [0, 0.1) is 17.5 Å². The molecule has 1 aromatic carbocycles. The fourth-order valence-corrected chi connectivity index (χ4v) is 3.59. The largest absolute Gasteiger partial charge is 0.481 e. The monoisotopic (exact) mass is 366 g/mol. The van der Waals surface area contributed by atoms with E-state index < -0.39 is 23.4 Å². The molecule has 0 bridgehead atoms. The van der Waals surface area contributed by atoms with Crippen LogP contribution in [0.3, 0.4) is 0 Å². The highest BCUT2D eigenvalue weighted by Gasteiger charge is 2.18. The number of aryl methyl sites for hydroxylation is 1. The number of carboxylic acids is 1. The first-order valence-electron chi connectivity index (χ1n) is 7.50. The zero-order valence-corrected chi connectivity index (χ0v) is 14.0. The minimum absolute atomic E-state index is 0.0402. The number of aromatic nitrogens is 2. The van der Waals surface area contributed by atoms with E-state index in [2.05, 4.69) is 9.97 Å². The molecule has 130 valence electrons. The molecular weight excluding hydrogens is 353 g/mol. The van der Waals surface area contributed by atoms with Crippen LogP contribution in [-0.2, 0) is 24.1 Å². The molecule has 0 aliphatic heterocycles. The predicted molar refractivity (Wildman–Crippen MR) is 87.3 cm³/mol. The molecule has 0 spiro atoms. The molecule has 2 heterocycles. The first-order valence-corrected chi connectivity index (χ1v) is 8.32. The maximum atomic E-state index is 13.8. The highest BCUT2D eigenvalue weighted by Crippen LogP contribution is 2.30. The van der Waals surface area contributed by atoms with Crippen LogP contribution in [0.15, 0.2) is 18.3 Å². The number of carbonyl (C=O) groups is 1. The Hall–Kier alpha value is -2.48. The molecule has 8 heteroatoms. The van der Waals surface area contributed by atoms with Crippen molar-refractivity contribution in [3.8, 4) is 0 Å². The third-order valence-corrected chi connectivity index (χ3v) is 4.77. The van der Waals surface area contributed by atoms with E-state index >= 15 is 0 Å². The van der Waals surface area contributed by atoms with E-state index in [0.29, 0.717) is 23.1 Å². The van der Waals surface area contributed by atoms with E-state index in [9.17, 15) is 18.0 Å². The third-order valence-electron chi connectivity index (χ3n) is 3.71. The number of carboxylic acid groups (broad SMARTS) is 1. The standard InChI is InChI=1S/C17H13F3N2O2S/c1-2-12-9(3-8(7-21-12)4-14(23)24)5-13-22-16-15(20)10(18)6-11(19)17(16)25-13/h3,6-7H,2,4-5H2,1H3,(H,23,24). The second-order valence-corrected chi connectivity index (χ2v) is 6.57. The van der Waals surface area contributed by atoms with Crippen molar-refractivity contribution in [2.75, 3.05) is 0 Å². The van der Waals surface area contributed by atoms with Gasteiger partial charge in [0.1, 0.15) is 11.3 Å². The van der Waals surface area contributed by atoms with Crippen molar-refractivity contribution in [1.29, 1.82) is 0 Å². The van der Waals surface area contributed by atoms with Crippen LogP contribution < -0.4 is 0 Å². The van der Waals surface area contributed by atoms with Crippen LogP contribution in [0.25, 0.3) is 10.2 Å². The maximum absolute atomic E-state index is 13.8. The number of hydrogen-bond acceptors (Lipinski definition) is 4. The van der Waals surface area contributed by atoms with Gasteiger partial charge in [-0.25, -0.2) is 18.2 Å². The van der Waals surface area contributed by atoms with Gasteiger partial charge in [0.2, 0.25) is 0 Å². The average Bonchev–Trinajstić information content (AvgIpc) is 2.97. The smallest absolute Gasteiger partial charge is 0.307 e. The van der Waals surface area contributed by atoms with Gasteiger partial charge in [0.05, 0.1) is 16.1 Å². The summed E-state index contributed by atoms with van der Waals surface area (Å²) >= 11 is 0.944. The summed E-state index contributed by atoms with van der Waals surface area (Å²) in [5.41, 5.74) is 1.69. The van der Waals surface area contributed by atoms with E-state index in [1.54, 1.807) is 6.07 Å².